The van der Waals surface area contributed by atoms with Crippen molar-refractivity contribution < 1.29 is 4.74 Å². The minimum Gasteiger partial charge on any atom is -0.496 e. The van der Waals surface area contributed by atoms with E-state index in [4.69, 9.17) is 4.74 Å². The van der Waals surface area contributed by atoms with Crippen molar-refractivity contribution in [3.05, 3.63) is 28.2 Å². The number of benzene rings is 1. The van der Waals surface area contributed by atoms with Gasteiger partial charge in [-0.1, -0.05) is 39.2 Å². The summed E-state index contributed by atoms with van der Waals surface area (Å²) in [6, 6.07) is 6.91. The quantitative estimate of drug-likeness (QED) is 0.807. The lowest BCUT2D eigenvalue weighted by molar-refractivity contribution is 0.146. The Hall–Kier alpha value is -0.540. The maximum Gasteiger partial charge on any atom is 0.133 e. The molecule has 1 aromatic rings. The lowest BCUT2D eigenvalue weighted by Crippen LogP contribution is -2.37. The molecule has 112 valence electrons. The summed E-state index contributed by atoms with van der Waals surface area (Å²) < 4.78 is 6.38. The monoisotopic (exact) mass is 339 g/mol. The molecule has 0 amide bonds. The molecule has 0 heterocycles. The van der Waals surface area contributed by atoms with Gasteiger partial charge in [0.1, 0.15) is 5.75 Å². The number of rotatable bonds is 5. The fourth-order valence-electron chi connectivity index (χ4n) is 3.48. The van der Waals surface area contributed by atoms with Crippen LogP contribution in [0.15, 0.2) is 22.7 Å². The van der Waals surface area contributed by atoms with Gasteiger partial charge in [0.25, 0.3) is 0 Å². The van der Waals surface area contributed by atoms with E-state index in [1.807, 2.05) is 0 Å². The summed E-state index contributed by atoms with van der Waals surface area (Å²) >= 11 is 3.62. The molecule has 0 bridgehead atoms. The van der Waals surface area contributed by atoms with E-state index < -0.39 is 0 Å². The first kappa shape index (κ1) is 15.8. The van der Waals surface area contributed by atoms with Gasteiger partial charge < -0.3 is 10.1 Å². The Morgan fingerprint density at radius 2 is 2.00 bits per heavy atom. The molecule has 0 aliphatic heterocycles. The lowest BCUT2D eigenvalue weighted by Gasteiger charge is -2.41. The van der Waals surface area contributed by atoms with Crippen LogP contribution in [0.25, 0.3) is 0 Å². The van der Waals surface area contributed by atoms with E-state index in [-0.39, 0.29) is 0 Å². The molecule has 1 saturated carbocycles. The van der Waals surface area contributed by atoms with Crippen molar-refractivity contribution >= 4 is 15.9 Å². The van der Waals surface area contributed by atoms with Crippen LogP contribution < -0.4 is 10.1 Å². The largest absolute Gasteiger partial charge is 0.496 e. The Balaban J connectivity index is 2.30. The second-order valence-corrected chi connectivity index (χ2v) is 6.95. The first-order chi connectivity index (χ1) is 9.60. The third-order valence-corrected chi connectivity index (χ3v) is 5.23. The Bertz CT molecular complexity index is 441. The molecule has 1 unspecified atom stereocenters. The highest BCUT2D eigenvalue weighted by Crippen LogP contribution is 2.46. The predicted molar refractivity (Wildman–Crippen MR) is 88.3 cm³/mol. The fraction of sp³-hybridized carbons (Fsp3) is 0.647. The molecule has 1 atom stereocenters. The van der Waals surface area contributed by atoms with Crippen molar-refractivity contribution in [1.82, 2.24) is 5.32 Å². The van der Waals surface area contributed by atoms with Crippen LogP contribution in [0.5, 0.6) is 5.75 Å². The molecule has 3 heteroatoms. The van der Waals surface area contributed by atoms with Crippen molar-refractivity contribution in [2.24, 2.45) is 5.41 Å². The van der Waals surface area contributed by atoms with Gasteiger partial charge in [0.05, 0.1) is 11.6 Å². The molecule has 1 aliphatic carbocycles. The zero-order valence-corrected chi connectivity index (χ0v) is 14.4. The zero-order chi connectivity index (χ0) is 14.6. The summed E-state index contributed by atoms with van der Waals surface area (Å²) in [6.07, 6.45) is 6.73. The van der Waals surface area contributed by atoms with Crippen LogP contribution >= 0.6 is 15.9 Å². The summed E-state index contributed by atoms with van der Waals surface area (Å²) in [5, 5.41) is 3.71. The highest BCUT2D eigenvalue weighted by atomic mass is 79.9. The number of nitrogens with one attached hydrogen (secondary N) is 1. The van der Waals surface area contributed by atoms with Gasteiger partial charge >= 0.3 is 0 Å². The first-order valence-electron chi connectivity index (χ1n) is 7.67. The van der Waals surface area contributed by atoms with Gasteiger partial charge in [0.2, 0.25) is 0 Å². The molecular formula is C17H26BrNO. The Labute approximate surface area is 131 Å². The van der Waals surface area contributed by atoms with E-state index in [9.17, 15) is 0 Å². The predicted octanol–water partition coefficient (Wildman–Crippen LogP) is 5.08. The maximum atomic E-state index is 5.34. The molecule has 1 N–H and O–H groups in total. The molecule has 20 heavy (non-hydrogen) atoms. The van der Waals surface area contributed by atoms with Crippen LogP contribution in [0, 0.1) is 5.41 Å². The zero-order valence-electron chi connectivity index (χ0n) is 12.8. The minimum absolute atomic E-state index is 0.363. The normalized spacial score (nSPS) is 19.6. The van der Waals surface area contributed by atoms with Gasteiger partial charge in [-0.3, -0.25) is 0 Å². The standard InChI is InChI=1S/C17H26BrNO/c1-4-19-16(17(2)10-6-5-7-11-17)13-8-9-15(20-3)14(18)12-13/h8-9,12,16,19H,4-7,10-11H2,1-3H3. The molecule has 0 saturated heterocycles. The Morgan fingerprint density at radius 1 is 1.30 bits per heavy atom. The summed E-state index contributed by atoms with van der Waals surface area (Å²) in [4.78, 5) is 0. The highest BCUT2D eigenvalue weighted by Gasteiger charge is 2.36. The fourth-order valence-corrected chi connectivity index (χ4v) is 4.04. The highest BCUT2D eigenvalue weighted by molar-refractivity contribution is 9.10. The Kier molecular flexibility index (Phi) is 5.50. The maximum absolute atomic E-state index is 5.34. The van der Waals surface area contributed by atoms with Crippen molar-refractivity contribution in [2.45, 2.75) is 52.0 Å². The number of hydrogen-bond acceptors (Lipinski definition) is 2. The number of methoxy groups -OCH3 is 1. The Morgan fingerprint density at radius 3 is 2.55 bits per heavy atom. The van der Waals surface area contributed by atoms with E-state index in [1.54, 1.807) is 7.11 Å². The minimum atomic E-state index is 0.363. The topological polar surface area (TPSA) is 21.3 Å². The van der Waals surface area contributed by atoms with Gasteiger partial charge in [-0.2, -0.15) is 0 Å². The molecule has 1 aromatic carbocycles. The molecule has 0 radical (unpaired) electrons. The molecule has 1 fully saturated rings. The van der Waals surface area contributed by atoms with Crippen molar-refractivity contribution in [1.29, 1.82) is 0 Å². The van der Waals surface area contributed by atoms with Crippen molar-refractivity contribution in [2.75, 3.05) is 13.7 Å². The van der Waals surface area contributed by atoms with Crippen LogP contribution in [-0.4, -0.2) is 13.7 Å². The van der Waals surface area contributed by atoms with Gasteiger partial charge in [0, 0.05) is 6.04 Å². The summed E-state index contributed by atoms with van der Waals surface area (Å²) in [7, 11) is 1.71. The van der Waals surface area contributed by atoms with E-state index >= 15 is 0 Å². The molecule has 2 nitrogen and oxygen atoms in total. The van der Waals surface area contributed by atoms with E-state index in [1.165, 1.54) is 37.7 Å². The number of halogens is 1. The molecular weight excluding hydrogens is 314 g/mol. The summed E-state index contributed by atoms with van der Waals surface area (Å²) in [6.45, 7) is 5.64. The van der Waals surface area contributed by atoms with E-state index in [0.29, 0.717) is 11.5 Å². The van der Waals surface area contributed by atoms with Gasteiger partial charge in [-0.25, -0.2) is 0 Å². The van der Waals surface area contributed by atoms with Crippen LogP contribution in [-0.2, 0) is 0 Å². The third-order valence-electron chi connectivity index (χ3n) is 4.61. The van der Waals surface area contributed by atoms with Crippen LogP contribution in [0.4, 0.5) is 0 Å². The summed E-state index contributed by atoms with van der Waals surface area (Å²) in [5.41, 5.74) is 1.73. The van der Waals surface area contributed by atoms with Gasteiger partial charge in [-0.05, 0) is 58.4 Å². The van der Waals surface area contributed by atoms with Crippen LogP contribution in [0.1, 0.15) is 57.6 Å². The number of ether oxygens (including phenoxy) is 1. The van der Waals surface area contributed by atoms with Crippen molar-refractivity contribution in [3.8, 4) is 5.75 Å². The average Bonchev–Trinajstić information content (AvgIpc) is 2.45. The molecule has 1 aliphatic rings. The van der Waals surface area contributed by atoms with E-state index in [0.717, 1.165) is 16.8 Å². The second-order valence-electron chi connectivity index (χ2n) is 6.10. The van der Waals surface area contributed by atoms with Crippen molar-refractivity contribution in [3.63, 3.8) is 0 Å². The average molecular weight is 340 g/mol. The molecule has 0 spiro atoms. The summed E-state index contributed by atoms with van der Waals surface area (Å²) in [5.74, 6) is 0.901. The molecule has 2 rings (SSSR count). The van der Waals surface area contributed by atoms with Gasteiger partial charge in [0.15, 0.2) is 0 Å². The third kappa shape index (κ3) is 3.37. The lowest BCUT2D eigenvalue weighted by atomic mass is 9.68. The van der Waals surface area contributed by atoms with Gasteiger partial charge in [-0.15, -0.1) is 0 Å². The van der Waals surface area contributed by atoms with E-state index in [2.05, 4.69) is 53.3 Å². The van der Waals surface area contributed by atoms with Crippen LogP contribution in [0.2, 0.25) is 0 Å². The SMILES string of the molecule is CCNC(c1ccc(OC)c(Br)c1)C1(C)CCCCC1. The van der Waals surface area contributed by atoms with Crippen LogP contribution in [0.3, 0.4) is 0 Å². The second kappa shape index (κ2) is 6.95. The smallest absolute Gasteiger partial charge is 0.133 e. The first-order valence-corrected chi connectivity index (χ1v) is 8.47. The number of hydrogen-bond donors (Lipinski definition) is 1. The molecule has 0 aromatic heterocycles.